The average Bonchev–Trinajstić information content (AvgIpc) is 3.30. The van der Waals surface area contributed by atoms with E-state index in [1.54, 1.807) is 0 Å². The van der Waals surface area contributed by atoms with E-state index in [2.05, 4.69) is 70.5 Å². The Balaban J connectivity index is 1.64. The van der Waals surface area contributed by atoms with Crippen molar-refractivity contribution >= 4 is 16.8 Å². The summed E-state index contributed by atoms with van der Waals surface area (Å²) in [4.78, 5) is 18.5. The Hall–Kier alpha value is -3.33. The van der Waals surface area contributed by atoms with Crippen LogP contribution in [0.3, 0.4) is 0 Å². The van der Waals surface area contributed by atoms with E-state index in [1.807, 2.05) is 24.3 Å². The third-order valence-electron chi connectivity index (χ3n) is 5.67. The van der Waals surface area contributed by atoms with Crippen LogP contribution in [0.4, 0.5) is 0 Å². The van der Waals surface area contributed by atoms with E-state index in [-0.39, 0.29) is 11.9 Å². The number of fused-ring (bicyclic) bond motifs is 1. The fourth-order valence-electron chi connectivity index (χ4n) is 4.35. The van der Waals surface area contributed by atoms with E-state index in [4.69, 9.17) is 0 Å². The number of nitrogens with one attached hydrogen (secondary N) is 1. The number of benzene rings is 3. The van der Waals surface area contributed by atoms with E-state index >= 15 is 0 Å². The molecule has 1 amide bonds. The predicted octanol–water partition coefficient (Wildman–Crippen LogP) is 5.70. The molecule has 1 atom stereocenters. The van der Waals surface area contributed by atoms with Gasteiger partial charge >= 0.3 is 0 Å². The SMILES string of the molecule is O=C1CCC(c2c(-c3ccccc3)[nH]c3ccccc23)N1Cc1ccccc1. The number of aromatic nitrogens is 1. The molecule has 0 aliphatic carbocycles. The highest BCUT2D eigenvalue weighted by molar-refractivity contribution is 5.92. The maximum Gasteiger partial charge on any atom is 0.223 e. The Labute approximate surface area is 164 Å². The van der Waals surface area contributed by atoms with Crippen molar-refractivity contribution in [1.82, 2.24) is 9.88 Å². The highest BCUT2D eigenvalue weighted by Crippen LogP contribution is 2.42. The first kappa shape index (κ1) is 16.8. The Morgan fingerprint density at radius 1 is 0.857 bits per heavy atom. The minimum absolute atomic E-state index is 0.0825. The molecule has 0 bridgehead atoms. The fraction of sp³-hybridized carbons (Fsp3) is 0.160. The zero-order valence-electron chi connectivity index (χ0n) is 15.6. The number of amides is 1. The molecule has 1 aromatic heterocycles. The van der Waals surface area contributed by atoms with Gasteiger partial charge in [0.05, 0.1) is 11.7 Å². The smallest absolute Gasteiger partial charge is 0.223 e. The molecule has 3 heteroatoms. The standard InChI is InChI=1S/C25H22N2O/c28-23-16-15-22(27(23)17-18-9-3-1-4-10-18)24-20-13-7-8-14-21(20)26-25(24)19-11-5-2-6-12-19/h1-14,22,26H,15-17H2. The van der Waals surface area contributed by atoms with E-state index < -0.39 is 0 Å². The van der Waals surface area contributed by atoms with Crippen LogP contribution in [0.25, 0.3) is 22.2 Å². The summed E-state index contributed by atoms with van der Waals surface area (Å²) in [5.74, 6) is 0.234. The maximum absolute atomic E-state index is 12.8. The van der Waals surface area contributed by atoms with Gasteiger partial charge in [0.2, 0.25) is 5.91 Å². The molecule has 0 saturated carbocycles. The van der Waals surface area contributed by atoms with E-state index in [1.165, 1.54) is 16.5 Å². The van der Waals surface area contributed by atoms with Crippen LogP contribution in [0.2, 0.25) is 0 Å². The van der Waals surface area contributed by atoms with Crippen LogP contribution in [0.15, 0.2) is 84.9 Å². The second-order valence-electron chi connectivity index (χ2n) is 7.39. The molecule has 4 aromatic rings. The Morgan fingerprint density at radius 3 is 2.32 bits per heavy atom. The average molecular weight is 366 g/mol. The maximum atomic E-state index is 12.8. The molecule has 3 aromatic carbocycles. The van der Waals surface area contributed by atoms with Gasteiger partial charge in [0.1, 0.15) is 0 Å². The third-order valence-corrected chi connectivity index (χ3v) is 5.67. The number of para-hydroxylation sites is 1. The van der Waals surface area contributed by atoms with Gasteiger partial charge in [0.25, 0.3) is 0 Å². The molecule has 5 rings (SSSR count). The van der Waals surface area contributed by atoms with Crippen molar-refractivity contribution in [3.63, 3.8) is 0 Å². The lowest BCUT2D eigenvalue weighted by molar-refractivity contribution is -0.129. The second-order valence-corrected chi connectivity index (χ2v) is 7.39. The summed E-state index contributed by atoms with van der Waals surface area (Å²) in [6, 6.07) is 29.2. The zero-order chi connectivity index (χ0) is 18.9. The topological polar surface area (TPSA) is 36.1 Å². The summed E-state index contributed by atoms with van der Waals surface area (Å²) in [6.45, 7) is 0.651. The minimum atomic E-state index is 0.0825. The summed E-state index contributed by atoms with van der Waals surface area (Å²) in [5, 5.41) is 1.21. The number of nitrogens with zero attached hydrogens (tertiary/aromatic N) is 1. The normalized spacial score (nSPS) is 16.8. The number of carbonyl (C=O) groups excluding carboxylic acids is 1. The van der Waals surface area contributed by atoms with Gasteiger partial charge in [-0.25, -0.2) is 0 Å². The molecule has 1 unspecified atom stereocenters. The first-order valence-electron chi connectivity index (χ1n) is 9.80. The third kappa shape index (κ3) is 2.89. The van der Waals surface area contributed by atoms with Crippen molar-refractivity contribution in [2.24, 2.45) is 0 Å². The van der Waals surface area contributed by atoms with E-state index in [0.717, 1.165) is 23.2 Å². The molecule has 3 nitrogen and oxygen atoms in total. The van der Waals surface area contributed by atoms with Gasteiger partial charge in [-0.2, -0.15) is 0 Å². The Morgan fingerprint density at radius 2 is 1.54 bits per heavy atom. The van der Waals surface area contributed by atoms with Crippen LogP contribution in [-0.4, -0.2) is 15.8 Å². The Kier molecular flexibility index (Phi) is 4.21. The zero-order valence-corrected chi connectivity index (χ0v) is 15.6. The molecule has 1 N–H and O–H groups in total. The number of likely N-dealkylation sites (tertiary alicyclic amines) is 1. The van der Waals surface area contributed by atoms with Crippen LogP contribution in [0.5, 0.6) is 0 Å². The lowest BCUT2D eigenvalue weighted by atomic mass is 9.97. The first-order valence-corrected chi connectivity index (χ1v) is 9.80. The molecule has 2 heterocycles. The molecule has 1 saturated heterocycles. The van der Waals surface area contributed by atoms with Crippen LogP contribution in [0.1, 0.15) is 30.0 Å². The number of hydrogen-bond acceptors (Lipinski definition) is 1. The fourth-order valence-corrected chi connectivity index (χ4v) is 4.35. The van der Waals surface area contributed by atoms with Gasteiger partial charge in [-0.15, -0.1) is 0 Å². The minimum Gasteiger partial charge on any atom is -0.354 e. The molecule has 0 radical (unpaired) electrons. The first-order chi connectivity index (χ1) is 13.8. The molecule has 1 fully saturated rings. The van der Waals surface area contributed by atoms with Crippen molar-refractivity contribution in [3.8, 4) is 11.3 Å². The van der Waals surface area contributed by atoms with Crippen molar-refractivity contribution in [2.75, 3.05) is 0 Å². The largest absolute Gasteiger partial charge is 0.354 e. The van der Waals surface area contributed by atoms with Gasteiger partial charge in [0.15, 0.2) is 0 Å². The Bertz CT molecular complexity index is 1120. The lowest BCUT2D eigenvalue weighted by Crippen LogP contribution is -2.27. The van der Waals surface area contributed by atoms with Crippen molar-refractivity contribution in [3.05, 3.63) is 96.1 Å². The number of hydrogen-bond donors (Lipinski definition) is 1. The summed E-state index contributed by atoms with van der Waals surface area (Å²) in [5.41, 5.74) is 5.81. The van der Waals surface area contributed by atoms with Gasteiger partial charge in [-0.3, -0.25) is 4.79 Å². The molecule has 138 valence electrons. The van der Waals surface area contributed by atoms with E-state index in [9.17, 15) is 4.79 Å². The molecular formula is C25H22N2O. The number of rotatable bonds is 4. The summed E-state index contributed by atoms with van der Waals surface area (Å²) >= 11 is 0. The van der Waals surface area contributed by atoms with Gasteiger partial charge in [0, 0.05) is 29.4 Å². The van der Waals surface area contributed by atoms with Gasteiger partial charge < -0.3 is 9.88 Å². The molecule has 0 spiro atoms. The second kappa shape index (κ2) is 7.01. The van der Waals surface area contributed by atoms with Crippen molar-refractivity contribution in [2.45, 2.75) is 25.4 Å². The van der Waals surface area contributed by atoms with Crippen LogP contribution in [-0.2, 0) is 11.3 Å². The van der Waals surface area contributed by atoms with Crippen LogP contribution >= 0.6 is 0 Å². The van der Waals surface area contributed by atoms with Crippen molar-refractivity contribution < 1.29 is 4.79 Å². The highest BCUT2D eigenvalue weighted by atomic mass is 16.2. The predicted molar refractivity (Wildman–Crippen MR) is 113 cm³/mol. The lowest BCUT2D eigenvalue weighted by Gasteiger charge is -2.26. The monoisotopic (exact) mass is 366 g/mol. The summed E-state index contributed by atoms with van der Waals surface area (Å²) in [6.07, 6.45) is 1.46. The van der Waals surface area contributed by atoms with Gasteiger partial charge in [-0.05, 0) is 23.6 Å². The molecular weight excluding hydrogens is 344 g/mol. The highest BCUT2D eigenvalue weighted by Gasteiger charge is 2.35. The molecule has 1 aliphatic rings. The van der Waals surface area contributed by atoms with Gasteiger partial charge in [-0.1, -0.05) is 78.9 Å². The van der Waals surface area contributed by atoms with E-state index in [0.29, 0.717) is 13.0 Å². The molecule has 1 aliphatic heterocycles. The summed E-state index contributed by atoms with van der Waals surface area (Å²) < 4.78 is 0. The molecule has 28 heavy (non-hydrogen) atoms. The van der Waals surface area contributed by atoms with Crippen LogP contribution in [0, 0.1) is 0 Å². The quantitative estimate of drug-likeness (QED) is 0.494. The van der Waals surface area contributed by atoms with Crippen LogP contribution < -0.4 is 0 Å². The van der Waals surface area contributed by atoms with Crippen molar-refractivity contribution in [1.29, 1.82) is 0 Å². The number of carbonyl (C=O) groups is 1. The number of aromatic amines is 1. The summed E-state index contributed by atoms with van der Waals surface area (Å²) in [7, 11) is 0. The number of H-pyrrole nitrogens is 1.